The van der Waals surface area contributed by atoms with E-state index < -0.39 is 0 Å². The van der Waals surface area contributed by atoms with Gasteiger partial charge in [-0.3, -0.25) is 4.79 Å². The van der Waals surface area contributed by atoms with Crippen molar-refractivity contribution >= 4 is 5.78 Å². The number of hydrogen-bond acceptors (Lipinski definition) is 1. The number of hydrogen-bond donors (Lipinski definition) is 0. The van der Waals surface area contributed by atoms with Crippen LogP contribution in [0, 0.1) is 5.41 Å². The molecule has 0 atom stereocenters. The van der Waals surface area contributed by atoms with Gasteiger partial charge in [0.2, 0.25) is 0 Å². The average molecular weight is 166 g/mol. The lowest BCUT2D eigenvalue weighted by Gasteiger charge is -2.32. The highest BCUT2D eigenvalue weighted by molar-refractivity contribution is 5.79. The molecule has 0 spiro atoms. The Kier molecular flexibility index (Phi) is 3.07. The van der Waals surface area contributed by atoms with Gasteiger partial charge in [-0.15, -0.1) is 6.58 Å². The third-order valence-electron chi connectivity index (χ3n) is 2.97. The van der Waals surface area contributed by atoms with Crippen molar-refractivity contribution in [3.63, 3.8) is 0 Å². The summed E-state index contributed by atoms with van der Waals surface area (Å²) in [4.78, 5) is 11.0. The summed E-state index contributed by atoms with van der Waals surface area (Å²) in [5, 5.41) is 0. The molecule has 0 heterocycles. The van der Waals surface area contributed by atoms with E-state index in [2.05, 4.69) is 13.5 Å². The van der Waals surface area contributed by atoms with Gasteiger partial charge in [-0.2, -0.15) is 0 Å². The van der Waals surface area contributed by atoms with E-state index in [0.29, 0.717) is 11.2 Å². The summed E-state index contributed by atoms with van der Waals surface area (Å²) in [5.41, 5.74) is 0.419. The molecule has 12 heavy (non-hydrogen) atoms. The number of rotatable bonds is 3. The van der Waals surface area contributed by atoms with E-state index in [4.69, 9.17) is 0 Å². The molecule has 1 nitrogen and oxygen atoms in total. The van der Waals surface area contributed by atoms with Crippen molar-refractivity contribution in [2.75, 3.05) is 0 Å². The van der Waals surface area contributed by atoms with Crippen LogP contribution in [0.1, 0.15) is 45.4 Å². The zero-order valence-electron chi connectivity index (χ0n) is 7.94. The van der Waals surface area contributed by atoms with Gasteiger partial charge in [-0.1, -0.05) is 13.0 Å². The third-order valence-corrected chi connectivity index (χ3v) is 2.97. The minimum Gasteiger partial charge on any atom is -0.300 e. The summed E-state index contributed by atoms with van der Waals surface area (Å²) in [6.45, 7) is 6.02. The summed E-state index contributed by atoms with van der Waals surface area (Å²) in [7, 11) is 0. The summed E-state index contributed by atoms with van der Waals surface area (Å²) in [6.07, 6.45) is 8.02. The van der Waals surface area contributed by atoms with Crippen LogP contribution >= 0.6 is 0 Å². The average Bonchev–Trinajstić information content (AvgIpc) is 2.08. The van der Waals surface area contributed by atoms with E-state index in [1.54, 1.807) is 0 Å². The van der Waals surface area contributed by atoms with Crippen molar-refractivity contribution in [3.8, 4) is 0 Å². The van der Waals surface area contributed by atoms with E-state index in [-0.39, 0.29) is 0 Å². The molecule has 0 aliphatic heterocycles. The van der Waals surface area contributed by atoms with Crippen molar-refractivity contribution < 1.29 is 4.79 Å². The van der Waals surface area contributed by atoms with Gasteiger partial charge in [0.25, 0.3) is 0 Å². The van der Waals surface area contributed by atoms with E-state index in [0.717, 1.165) is 32.1 Å². The standard InChI is InChI=1S/C11H18O/c1-3-4-7-11(2)8-5-10(12)6-9-11/h3H,1,4-9H2,2H3. The molecule has 0 unspecified atom stereocenters. The van der Waals surface area contributed by atoms with Gasteiger partial charge < -0.3 is 0 Å². The minimum atomic E-state index is 0.419. The number of carbonyl (C=O) groups excluding carboxylic acids is 1. The molecule has 1 aliphatic carbocycles. The largest absolute Gasteiger partial charge is 0.300 e. The zero-order chi connectivity index (χ0) is 9.03. The smallest absolute Gasteiger partial charge is 0.132 e. The molecular weight excluding hydrogens is 148 g/mol. The molecule has 0 radical (unpaired) electrons. The van der Waals surface area contributed by atoms with Crippen LogP contribution in [-0.4, -0.2) is 5.78 Å². The summed E-state index contributed by atoms with van der Waals surface area (Å²) >= 11 is 0. The highest BCUT2D eigenvalue weighted by atomic mass is 16.1. The van der Waals surface area contributed by atoms with Crippen LogP contribution in [-0.2, 0) is 4.79 Å². The normalized spacial score (nSPS) is 22.2. The summed E-state index contributed by atoms with van der Waals surface area (Å²) < 4.78 is 0. The Morgan fingerprint density at radius 2 is 2.08 bits per heavy atom. The van der Waals surface area contributed by atoms with Gasteiger partial charge in [-0.05, 0) is 31.1 Å². The van der Waals surface area contributed by atoms with Crippen molar-refractivity contribution in [1.82, 2.24) is 0 Å². The fourth-order valence-electron chi connectivity index (χ4n) is 1.83. The summed E-state index contributed by atoms with van der Waals surface area (Å²) in [5.74, 6) is 0.450. The fourth-order valence-corrected chi connectivity index (χ4v) is 1.83. The quantitative estimate of drug-likeness (QED) is 0.589. The molecule has 1 heteroatoms. The highest BCUT2D eigenvalue weighted by Gasteiger charge is 2.28. The van der Waals surface area contributed by atoms with Crippen molar-refractivity contribution in [2.24, 2.45) is 5.41 Å². The summed E-state index contributed by atoms with van der Waals surface area (Å²) in [6, 6.07) is 0. The second-order valence-corrected chi connectivity index (χ2v) is 4.18. The Labute approximate surface area is 74.9 Å². The van der Waals surface area contributed by atoms with E-state index >= 15 is 0 Å². The molecule has 1 saturated carbocycles. The Bertz CT molecular complexity index is 166. The Hall–Kier alpha value is -0.590. The molecule has 0 aromatic heterocycles. The molecule has 1 rings (SSSR count). The molecule has 1 aliphatic rings. The number of Topliss-reactive ketones (excluding diaryl/α,β-unsaturated/α-hetero) is 1. The molecule has 0 aromatic rings. The maximum absolute atomic E-state index is 11.0. The van der Waals surface area contributed by atoms with Crippen LogP contribution in [0.4, 0.5) is 0 Å². The van der Waals surface area contributed by atoms with Gasteiger partial charge in [0.1, 0.15) is 5.78 Å². The minimum absolute atomic E-state index is 0.419. The van der Waals surface area contributed by atoms with Gasteiger partial charge in [0, 0.05) is 12.8 Å². The first kappa shape index (κ1) is 9.50. The number of carbonyl (C=O) groups is 1. The molecule has 0 bridgehead atoms. The highest BCUT2D eigenvalue weighted by Crippen LogP contribution is 2.38. The van der Waals surface area contributed by atoms with Crippen LogP contribution in [0.5, 0.6) is 0 Å². The molecule has 0 N–H and O–H groups in total. The first-order chi connectivity index (χ1) is 5.66. The maximum Gasteiger partial charge on any atom is 0.132 e. The predicted molar refractivity (Wildman–Crippen MR) is 51.0 cm³/mol. The van der Waals surface area contributed by atoms with Crippen molar-refractivity contribution in [2.45, 2.75) is 45.4 Å². The number of ketones is 1. The van der Waals surface area contributed by atoms with Crippen LogP contribution in [0.25, 0.3) is 0 Å². The van der Waals surface area contributed by atoms with Crippen molar-refractivity contribution in [3.05, 3.63) is 12.7 Å². The van der Waals surface area contributed by atoms with Gasteiger partial charge in [0.05, 0.1) is 0 Å². The van der Waals surface area contributed by atoms with Crippen LogP contribution in [0.15, 0.2) is 12.7 Å². The van der Waals surface area contributed by atoms with E-state index in [1.807, 2.05) is 6.08 Å². The molecule has 0 saturated heterocycles. The first-order valence-electron chi connectivity index (χ1n) is 4.79. The fraction of sp³-hybridized carbons (Fsp3) is 0.727. The lowest BCUT2D eigenvalue weighted by molar-refractivity contribution is -0.122. The Morgan fingerprint density at radius 1 is 1.50 bits per heavy atom. The molecule has 0 amide bonds. The first-order valence-corrected chi connectivity index (χ1v) is 4.79. The van der Waals surface area contributed by atoms with Gasteiger partial charge in [-0.25, -0.2) is 0 Å². The topological polar surface area (TPSA) is 17.1 Å². The molecule has 0 aromatic carbocycles. The van der Waals surface area contributed by atoms with E-state index in [9.17, 15) is 4.79 Å². The Morgan fingerprint density at radius 3 is 2.58 bits per heavy atom. The monoisotopic (exact) mass is 166 g/mol. The van der Waals surface area contributed by atoms with Gasteiger partial charge >= 0.3 is 0 Å². The zero-order valence-corrected chi connectivity index (χ0v) is 7.94. The molecular formula is C11H18O. The van der Waals surface area contributed by atoms with Crippen LogP contribution < -0.4 is 0 Å². The van der Waals surface area contributed by atoms with Crippen LogP contribution in [0.2, 0.25) is 0 Å². The Balaban J connectivity index is 2.38. The van der Waals surface area contributed by atoms with Gasteiger partial charge in [0.15, 0.2) is 0 Å². The lowest BCUT2D eigenvalue weighted by Crippen LogP contribution is -2.24. The predicted octanol–water partition coefficient (Wildman–Crippen LogP) is 3.10. The molecule has 1 fully saturated rings. The van der Waals surface area contributed by atoms with Crippen LogP contribution in [0.3, 0.4) is 0 Å². The SMILES string of the molecule is C=CCCC1(C)CCC(=O)CC1. The lowest BCUT2D eigenvalue weighted by atomic mass is 9.72. The maximum atomic E-state index is 11.0. The third kappa shape index (κ3) is 2.47. The van der Waals surface area contributed by atoms with Crippen molar-refractivity contribution in [1.29, 1.82) is 0 Å². The number of allylic oxidation sites excluding steroid dienone is 1. The molecule has 68 valence electrons. The second kappa shape index (κ2) is 3.88. The second-order valence-electron chi connectivity index (χ2n) is 4.18. The van der Waals surface area contributed by atoms with E-state index in [1.165, 1.54) is 6.42 Å².